The van der Waals surface area contributed by atoms with Crippen molar-refractivity contribution in [3.63, 3.8) is 0 Å². The fourth-order valence-electron chi connectivity index (χ4n) is 0.854. The Bertz CT molecular complexity index is 136. The highest BCUT2D eigenvalue weighted by Crippen LogP contribution is 2.23. The van der Waals surface area contributed by atoms with E-state index in [0.29, 0.717) is 0 Å². The summed E-state index contributed by atoms with van der Waals surface area (Å²) in [7, 11) is 1.74. The molecule has 1 aliphatic rings. The summed E-state index contributed by atoms with van der Waals surface area (Å²) < 4.78 is 4.96. The van der Waals surface area contributed by atoms with Crippen LogP contribution in [0.4, 0.5) is 0 Å². The second kappa shape index (κ2) is 3.88. The molecule has 1 heterocycles. The van der Waals surface area contributed by atoms with Gasteiger partial charge in [0.25, 0.3) is 0 Å². The monoisotopic (exact) mass is 159 g/mol. The Labute approximate surface area is 66.2 Å². The zero-order chi connectivity index (χ0) is 7.40. The van der Waals surface area contributed by atoms with Gasteiger partial charge in [-0.05, 0) is 11.8 Å². The zero-order valence-corrected chi connectivity index (χ0v) is 7.28. The van der Waals surface area contributed by atoms with Gasteiger partial charge in [0.1, 0.15) is 0 Å². The molecule has 0 bridgehead atoms. The molecule has 0 fully saturated rings. The summed E-state index contributed by atoms with van der Waals surface area (Å²) in [6.07, 6.45) is 2.18. The van der Waals surface area contributed by atoms with Crippen molar-refractivity contribution in [2.75, 3.05) is 26.1 Å². The molecule has 0 N–H and O–H groups in total. The van der Waals surface area contributed by atoms with Crippen LogP contribution >= 0.6 is 11.8 Å². The van der Waals surface area contributed by atoms with Crippen molar-refractivity contribution in [1.82, 2.24) is 4.90 Å². The van der Waals surface area contributed by atoms with Crippen LogP contribution in [0.2, 0.25) is 0 Å². The van der Waals surface area contributed by atoms with E-state index in [1.807, 2.05) is 11.8 Å². The fraction of sp³-hybridized carbons (Fsp3) is 0.714. The minimum atomic E-state index is 0.824. The molecule has 0 aromatic rings. The molecule has 0 radical (unpaired) electrons. The van der Waals surface area contributed by atoms with Gasteiger partial charge in [0.05, 0.1) is 12.5 Å². The first-order valence-electron chi connectivity index (χ1n) is 3.37. The van der Waals surface area contributed by atoms with Crippen LogP contribution in [0.25, 0.3) is 0 Å². The molecule has 2 nitrogen and oxygen atoms in total. The molecular formula is C7H13NOS. The average molecular weight is 159 g/mol. The van der Waals surface area contributed by atoms with Gasteiger partial charge in [-0.15, -0.1) is 11.8 Å². The standard InChI is InChI=1S/C7H13NOS/c1-7-5-8(6-10-7)3-4-9-2/h5H,3-4,6H2,1-2H3. The number of allylic oxidation sites excluding steroid dienone is 1. The molecule has 0 amide bonds. The first-order valence-corrected chi connectivity index (χ1v) is 4.35. The van der Waals surface area contributed by atoms with Crippen LogP contribution in [-0.4, -0.2) is 31.0 Å². The summed E-state index contributed by atoms with van der Waals surface area (Å²) in [5, 5.41) is 0. The quantitative estimate of drug-likeness (QED) is 0.619. The molecule has 10 heavy (non-hydrogen) atoms. The van der Waals surface area contributed by atoms with E-state index in [2.05, 4.69) is 18.0 Å². The summed E-state index contributed by atoms with van der Waals surface area (Å²) in [5.41, 5.74) is 0. The molecule has 1 rings (SSSR count). The second-order valence-electron chi connectivity index (χ2n) is 2.32. The van der Waals surface area contributed by atoms with Gasteiger partial charge >= 0.3 is 0 Å². The van der Waals surface area contributed by atoms with Crippen LogP contribution in [-0.2, 0) is 4.74 Å². The largest absolute Gasteiger partial charge is 0.383 e. The first-order chi connectivity index (χ1) is 4.83. The number of rotatable bonds is 3. The minimum Gasteiger partial charge on any atom is -0.383 e. The summed E-state index contributed by atoms with van der Waals surface area (Å²) >= 11 is 1.89. The molecule has 0 spiro atoms. The zero-order valence-electron chi connectivity index (χ0n) is 6.46. The van der Waals surface area contributed by atoms with E-state index in [1.165, 1.54) is 4.91 Å². The predicted molar refractivity (Wildman–Crippen MR) is 44.8 cm³/mol. The SMILES string of the molecule is COCCN1C=C(C)SC1. The summed E-state index contributed by atoms with van der Waals surface area (Å²) in [5.74, 6) is 1.09. The van der Waals surface area contributed by atoms with Crippen molar-refractivity contribution in [2.45, 2.75) is 6.92 Å². The normalized spacial score (nSPS) is 17.8. The summed E-state index contributed by atoms with van der Waals surface area (Å²) in [6.45, 7) is 3.97. The van der Waals surface area contributed by atoms with Crippen LogP contribution in [0.1, 0.15) is 6.92 Å². The minimum absolute atomic E-state index is 0.824. The highest BCUT2D eigenvalue weighted by Gasteiger charge is 2.07. The predicted octanol–water partition coefficient (Wildman–Crippen LogP) is 1.50. The first kappa shape index (κ1) is 7.95. The number of thioether (sulfide) groups is 1. The van der Waals surface area contributed by atoms with Crippen LogP contribution < -0.4 is 0 Å². The van der Waals surface area contributed by atoms with Crippen molar-refractivity contribution in [1.29, 1.82) is 0 Å². The highest BCUT2D eigenvalue weighted by atomic mass is 32.2. The van der Waals surface area contributed by atoms with Crippen molar-refractivity contribution in [2.24, 2.45) is 0 Å². The molecule has 0 atom stereocenters. The lowest BCUT2D eigenvalue weighted by Gasteiger charge is -2.12. The van der Waals surface area contributed by atoms with Crippen LogP contribution in [0.3, 0.4) is 0 Å². The van der Waals surface area contributed by atoms with Gasteiger partial charge < -0.3 is 9.64 Å². The van der Waals surface area contributed by atoms with Crippen LogP contribution in [0.15, 0.2) is 11.1 Å². The fourth-order valence-corrected chi connectivity index (χ4v) is 1.65. The van der Waals surface area contributed by atoms with Crippen LogP contribution in [0, 0.1) is 0 Å². The smallest absolute Gasteiger partial charge is 0.0678 e. The van der Waals surface area contributed by atoms with Gasteiger partial charge in [-0.25, -0.2) is 0 Å². The Kier molecular flexibility index (Phi) is 3.09. The molecule has 0 aromatic carbocycles. The van der Waals surface area contributed by atoms with E-state index in [0.717, 1.165) is 19.0 Å². The lowest BCUT2D eigenvalue weighted by molar-refractivity contribution is 0.176. The Morgan fingerprint density at radius 1 is 1.80 bits per heavy atom. The third kappa shape index (κ3) is 2.23. The van der Waals surface area contributed by atoms with E-state index in [1.54, 1.807) is 7.11 Å². The Morgan fingerprint density at radius 3 is 3.10 bits per heavy atom. The van der Waals surface area contributed by atoms with E-state index < -0.39 is 0 Å². The highest BCUT2D eigenvalue weighted by molar-refractivity contribution is 8.03. The Morgan fingerprint density at radius 2 is 2.60 bits per heavy atom. The molecule has 0 aliphatic carbocycles. The lowest BCUT2D eigenvalue weighted by Crippen LogP contribution is -2.18. The number of ether oxygens (including phenoxy) is 1. The van der Waals surface area contributed by atoms with E-state index in [4.69, 9.17) is 4.74 Å². The van der Waals surface area contributed by atoms with Crippen molar-refractivity contribution in [3.05, 3.63) is 11.1 Å². The molecule has 0 saturated carbocycles. The molecule has 1 aliphatic heterocycles. The molecule has 0 aromatic heterocycles. The van der Waals surface area contributed by atoms with Crippen molar-refractivity contribution < 1.29 is 4.74 Å². The van der Waals surface area contributed by atoms with Crippen molar-refractivity contribution in [3.8, 4) is 0 Å². The van der Waals surface area contributed by atoms with Crippen LogP contribution in [0.5, 0.6) is 0 Å². The van der Waals surface area contributed by atoms with Gasteiger partial charge in [0.15, 0.2) is 0 Å². The summed E-state index contributed by atoms with van der Waals surface area (Å²) in [4.78, 5) is 3.67. The third-order valence-corrected chi connectivity index (χ3v) is 2.43. The summed E-state index contributed by atoms with van der Waals surface area (Å²) in [6, 6.07) is 0. The van der Waals surface area contributed by atoms with E-state index >= 15 is 0 Å². The second-order valence-corrected chi connectivity index (χ2v) is 3.51. The number of hydrogen-bond acceptors (Lipinski definition) is 3. The van der Waals surface area contributed by atoms with Gasteiger partial charge in [-0.1, -0.05) is 0 Å². The van der Waals surface area contributed by atoms with Gasteiger partial charge in [-0.2, -0.15) is 0 Å². The molecule has 3 heteroatoms. The number of methoxy groups -OCH3 is 1. The number of hydrogen-bond donors (Lipinski definition) is 0. The average Bonchev–Trinajstić information content (AvgIpc) is 2.31. The Balaban J connectivity index is 2.18. The van der Waals surface area contributed by atoms with Gasteiger partial charge in [0.2, 0.25) is 0 Å². The van der Waals surface area contributed by atoms with Gasteiger partial charge in [-0.3, -0.25) is 0 Å². The molecular weight excluding hydrogens is 146 g/mol. The molecule has 58 valence electrons. The lowest BCUT2D eigenvalue weighted by atomic mass is 10.6. The maximum Gasteiger partial charge on any atom is 0.0678 e. The maximum absolute atomic E-state index is 4.96. The third-order valence-electron chi connectivity index (χ3n) is 1.41. The molecule has 0 saturated heterocycles. The van der Waals surface area contributed by atoms with Gasteiger partial charge in [0, 0.05) is 19.9 Å². The van der Waals surface area contributed by atoms with Crippen molar-refractivity contribution >= 4 is 11.8 Å². The van der Waals surface area contributed by atoms with E-state index in [-0.39, 0.29) is 0 Å². The van der Waals surface area contributed by atoms with E-state index in [9.17, 15) is 0 Å². The molecule has 0 unspecified atom stereocenters. The topological polar surface area (TPSA) is 12.5 Å². The number of nitrogens with zero attached hydrogens (tertiary/aromatic N) is 1. The maximum atomic E-state index is 4.96. The Hall–Kier alpha value is -0.150.